The maximum Gasteiger partial charge on any atom is 0.408 e. The number of amides is 4. The van der Waals surface area contributed by atoms with Crippen LogP contribution in [0.3, 0.4) is 0 Å². The van der Waals surface area contributed by atoms with E-state index in [1.54, 1.807) is 25.7 Å². The van der Waals surface area contributed by atoms with Crippen molar-refractivity contribution in [2.45, 2.75) is 110 Å². The van der Waals surface area contributed by atoms with E-state index in [2.05, 4.69) is 29.8 Å². The number of ether oxygens (including phenoxy) is 2. The number of likely N-dealkylation sites (tertiary alicyclic amines) is 1. The van der Waals surface area contributed by atoms with Crippen molar-refractivity contribution in [1.82, 2.24) is 20.9 Å². The predicted molar refractivity (Wildman–Crippen MR) is 146 cm³/mol. The first-order valence-electron chi connectivity index (χ1n) is 14.3. The highest BCUT2D eigenvalue weighted by Crippen LogP contribution is 2.65. The lowest BCUT2D eigenvalue weighted by Gasteiger charge is -2.38. The number of nitrogens with one attached hydrogen (secondary N) is 3. The summed E-state index contributed by atoms with van der Waals surface area (Å²) in [6.45, 7) is 15.3. The molecular formula is C29H46N4O7. The smallest absolute Gasteiger partial charge is 0.408 e. The van der Waals surface area contributed by atoms with E-state index in [1.807, 2.05) is 20.8 Å². The number of carbonyl (C=O) groups excluding carboxylic acids is 5. The van der Waals surface area contributed by atoms with Crippen molar-refractivity contribution in [3.8, 4) is 0 Å². The molecule has 4 amide bonds. The third kappa shape index (κ3) is 5.93. The lowest BCUT2D eigenvalue weighted by atomic mass is 9.85. The van der Waals surface area contributed by atoms with Crippen LogP contribution in [0.5, 0.6) is 0 Å². The van der Waals surface area contributed by atoms with Crippen LogP contribution in [0.4, 0.5) is 4.79 Å². The molecule has 2 saturated heterocycles. The van der Waals surface area contributed by atoms with E-state index < -0.39 is 53.0 Å². The van der Waals surface area contributed by atoms with Crippen LogP contribution < -0.4 is 16.0 Å². The standard InChI is InChI=1S/C29H46N4O7/c1-26(2,3)20(31-25(38)40-27(4,5)6)23(36)33-14-16-18(28(16,7)8)19(33)22(35)30-17(24(37)39-9)12-15-13-29(10-11-29)32-21(15)34/h15-20H,10-14H2,1-9H3,(H,30,35)(H,31,38)(H,32,34)/t15-,16+,17+,18+,19+,20-/m1/s1. The maximum atomic E-state index is 14.0. The number of nitrogens with zero attached hydrogens (tertiary/aromatic N) is 1. The van der Waals surface area contributed by atoms with E-state index in [0.717, 1.165) is 12.8 Å². The molecule has 0 aromatic rings. The molecule has 4 aliphatic rings. The number of alkyl carbamates (subject to hydrolysis) is 1. The molecule has 0 aromatic heterocycles. The third-order valence-electron chi connectivity index (χ3n) is 9.11. The minimum absolute atomic E-state index is 0.0959. The molecule has 4 rings (SSSR count). The highest BCUT2D eigenvalue weighted by Gasteiger charge is 2.70. The maximum absolute atomic E-state index is 14.0. The van der Waals surface area contributed by atoms with Crippen LogP contribution >= 0.6 is 0 Å². The van der Waals surface area contributed by atoms with Gasteiger partial charge in [-0.1, -0.05) is 34.6 Å². The zero-order chi connectivity index (χ0) is 30.0. The molecule has 0 radical (unpaired) electrons. The second-order valence-electron chi connectivity index (χ2n) is 14.8. The molecule has 6 atom stereocenters. The van der Waals surface area contributed by atoms with E-state index in [1.165, 1.54) is 7.11 Å². The summed E-state index contributed by atoms with van der Waals surface area (Å²) in [5, 5.41) is 8.59. The SMILES string of the molecule is COC(=O)[C@H](C[C@@H]1CC2(CC2)NC1=O)NC(=O)[C@@H]1[C@@H]2[C@H](CN1C(=O)[C@@H](NC(=O)OC(C)(C)C)C(C)(C)C)C2(C)C. The number of rotatable bonds is 7. The molecule has 2 aliphatic heterocycles. The second-order valence-corrected chi connectivity index (χ2v) is 14.8. The topological polar surface area (TPSA) is 143 Å². The van der Waals surface area contributed by atoms with Crippen LogP contribution in [0.1, 0.15) is 81.1 Å². The summed E-state index contributed by atoms with van der Waals surface area (Å²) in [6.07, 6.45) is 1.90. The summed E-state index contributed by atoms with van der Waals surface area (Å²) in [5.74, 6) is -1.94. The minimum atomic E-state index is -1.02. The first kappa shape index (κ1) is 30.1. The summed E-state index contributed by atoms with van der Waals surface area (Å²) < 4.78 is 10.4. The van der Waals surface area contributed by atoms with Crippen LogP contribution in [-0.4, -0.2) is 77.6 Å². The summed E-state index contributed by atoms with van der Waals surface area (Å²) >= 11 is 0. The monoisotopic (exact) mass is 562 g/mol. The van der Waals surface area contributed by atoms with Crippen molar-refractivity contribution in [1.29, 1.82) is 0 Å². The lowest BCUT2D eigenvalue weighted by Crippen LogP contribution is -2.60. The quantitative estimate of drug-likeness (QED) is 0.403. The average Bonchev–Trinajstić information content (AvgIpc) is 3.53. The first-order valence-corrected chi connectivity index (χ1v) is 14.3. The van der Waals surface area contributed by atoms with Crippen LogP contribution in [0.25, 0.3) is 0 Å². The number of carbonyl (C=O) groups is 5. The van der Waals surface area contributed by atoms with Crippen molar-refractivity contribution in [3.63, 3.8) is 0 Å². The molecule has 1 spiro atoms. The molecule has 0 unspecified atom stereocenters. The van der Waals surface area contributed by atoms with Gasteiger partial charge < -0.3 is 30.3 Å². The largest absolute Gasteiger partial charge is 0.467 e. The number of fused-ring (bicyclic) bond motifs is 1. The lowest BCUT2D eigenvalue weighted by molar-refractivity contribution is -0.148. The summed E-state index contributed by atoms with van der Waals surface area (Å²) in [5.41, 5.74) is -1.72. The highest BCUT2D eigenvalue weighted by molar-refractivity contribution is 5.95. The average molecular weight is 563 g/mol. The highest BCUT2D eigenvalue weighted by atomic mass is 16.6. The summed E-state index contributed by atoms with van der Waals surface area (Å²) in [6, 6.07) is -2.78. The van der Waals surface area contributed by atoms with Gasteiger partial charge in [-0.05, 0) is 69.1 Å². The number of hydrogen-bond acceptors (Lipinski definition) is 7. The minimum Gasteiger partial charge on any atom is -0.467 e. The van der Waals surface area contributed by atoms with Crippen molar-refractivity contribution in [2.75, 3.05) is 13.7 Å². The molecule has 224 valence electrons. The zero-order valence-electron chi connectivity index (χ0n) is 25.3. The zero-order valence-corrected chi connectivity index (χ0v) is 25.3. The molecule has 2 heterocycles. The molecule has 40 heavy (non-hydrogen) atoms. The normalized spacial score (nSPS) is 29.1. The van der Waals surface area contributed by atoms with Crippen LogP contribution in [0.15, 0.2) is 0 Å². The molecule has 11 heteroatoms. The van der Waals surface area contributed by atoms with E-state index in [4.69, 9.17) is 9.47 Å². The van der Waals surface area contributed by atoms with Gasteiger partial charge in [0.15, 0.2) is 0 Å². The van der Waals surface area contributed by atoms with Crippen LogP contribution in [-0.2, 0) is 28.7 Å². The van der Waals surface area contributed by atoms with Gasteiger partial charge in [-0.3, -0.25) is 14.4 Å². The first-order chi connectivity index (χ1) is 18.3. The van der Waals surface area contributed by atoms with Gasteiger partial charge in [0.1, 0.15) is 23.7 Å². The van der Waals surface area contributed by atoms with E-state index >= 15 is 0 Å². The third-order valence-corrected chi connectivity index (χ3v) is 9.11. The van der Waals surface area contributed by atoms with Gasteiger partial charge in [0.2, 0.25) is 17.7 Å². The van der Waals surface area contributed by atoms with Gasteiger partial charge in [0, 0.05) is 18.0 Å². The van der Waals surface area contributed by atoms with E-state index in [9.17, 15) is 24.0 Å². The molecule has 0 aromatic carbocycles. The van der Waals surface area contributed by atoms with Gasteiger partial charge in [-0.2, -0.15) is 0 Å². The fourth-order valence-corrected chi connectivity index (χ4v) is 6.60. The molecule has 2 aliphatic carbocycles. The molecule has 0 bridgehead atoms. The molecule has 11 nitrogen and oxygen atoms in total. The van der Waals surface area contributed by atoms with Gasteiger partial charge in [-0.25, -0.2) is 9.59 Å². The van der Waals surface area contributed by atoms with Crippen molar-refractivity contribution in [3.05, 3.63) is 0 Å². The van der Waals surface area contributed by atoms with E-state index in [-0.39, 0.29) is 41.0 Å². The van der Waals surface area contributed by atoms with Gasteiger partial charge in [0.05, 0.1) is 7.11 Å². The van der Waals surface area contributed by atoms with Crippen LogP contribution in [0.2, 0.25) is 0 Å². The molecular weight excluding hydrogens is 516 g/mol. The summed E-state index contributed by atoms with van der Waals surface area (Å²) in [4.78, 5) is 67.4. The summed E-state index contributed by atoms with van der Waals surface area (Å²) in [7, 11) is 1.25. The Morgan fingerprint density at radius 1 is 1.07 bits per heavy atom. The van der Waals surface area contributed by atoms with Crippen molar-refractivity contribution in [2.24, 2.45) is 28.6 Å². The fraction of sp³-hybridized carbons (Fsp3) is 0.828. The van der Waals surface area contributed by atoms with Crippen LogP contribution in [0, 0.1) is 28.6 Å². The number of esters is 1. The predicted octanol–water partition coefficient (Wildman–Crippen LogP) is 2.13. The number of hydrogen-bond donors (Lipinski definition) is 3. The van der Waals surface area contributed by atoms with Crippen molar-refractivity contribution < 1.29 is 33.4 Å². The Bertz CT molecular complexity index is 1080. The Kier molecular flexibility index (Phi) is 7.46. The number of piperidine rings is 1. The fourth-order valence-electron chi connectivity index (χ4n) is 6.60. The number of methoxy groups -OCH3 is 1. The Labute approximate surface area is 236 Å². The van der Waals surface area contributed by atoms with Gasteiger partial charge in [-0.15, -0.1) is 0 Å². The van der Waals surface area contributed by atoms with Gasteiger partial charge in [0.25, 0.3) is 0 Å². The molecule has 4 fully saturated rings. The van der Waals surface area contributed by atoms with E-state index in [0.29, 0.717) is 13.0 Å². The second kappa shape index (κ2) is 9.91. The molecule has 3 N–H and O–H groups in total. The Morgan fingerprint density at radius 3 is 2.20 bits per heavy atom. The van der Waals surface area contributed by atoms with Crippen molar-refractivity contribution >= 4 is 29.8 Å². The molecule has 2 saturated carbocycles. The van der Waals surface area contributed by atoms with Gasteiger partial charge >= 0.3 is 12.1 Å². The Balaban J connectivity index is 1.53. The Morgan fingerprint density at radius 2 is 1.70 bits per heavy atom. The Hall–Kier alpha value is -2.85.